The standard InChI is InChI=1S/C19H20ClFN2O3/c1-12(2)22-19(25)13-3-6-15(7-4-13)23-18(24)9-10-26-17-8-5-14(21)11-16(17)20/h3-8,11-12H,9-10H2,1-2H3,(H,22,25)(H,23,24). The Kier molecular flexibility index (Phi) is 6.97. The topological polar surface area (TPSA) is 67.4 Å². The summed E-state index contributed by atoms with van der Waals surface area (Å²) in [6.45, 7) is 3.87. The third kappa shape index (κ3) is 6.04. The van der Waals surface area contributed by atoms with Gasteiger partial charge in [0, 0.05) is 17.3 Å². The second-order valence-electron chi connectivity index (χ2n) is 5.93. The number of hydrogen-bond donors (Lipinski definition) is 2. The summed E-state index contributed by atoms with van der Waals surface area (Å²) in [5.74, 6) is -0.544. The number of nitrogens with one attached hydrogen (secondary N) is 2. The smallest absolute Gasteiger partial charge is 0.251 e. The molecule has 0 saturated heterocycles. The van der Waals surface area contributed by atoms with E-state index in [1.807, 2.05) is 13.8 Å². The van der Waals surface area contributed by atoms with Crippen molar-refractivity contribution >= 4 is 29.1 Å². The van der Waals surface area contributed by atoms with Crippen molar-refractivity contribution in [1.29, 1.82) is 0 Å². The molecule has 0 aliphatic rings. The summed E-state index contributed by atoms with van der Waals surface area (Å²) in [7, 11) is 0. The lowest BCUT2D eigenvalue weighted by atomic mass is 10.2. The Hall–Kier alpha value is -2.60. The molecule has 0 bridgehead atoms. The fourth-order valence-corrected chi connectivity index (χ4v) is 2.34. The van der Waals surface area contributed by atoms with Crippen molar-refractivity contribution in [2.24, 2.45) is 0 Å². The van der Waals surface area contributed by atoms with Crippen LogP contribution in [0.1, 0.15) is 30.6 Å². The van der Waals surface area contributed by atoms with Crippen LogP contribution in [0, 0.1) is 5.82 Å². The molecule has 138 valence electrons. The highest BCUT2D eigenvalue weighted by Crippen LogP contribution is 2.24. The van der Waals surface area contributed by atoms with Crippen LogP contribution in [0.4, 0.5) is 10.1 Å². The normalized spacial score (nSPS) is 10.5. The first-order chi connectivity index (χ1) is 12.3. The third-order valence-electron chi connectivity index (χ3n) is 3.33. The Morgan fingerprint density at radius 2 is 1.85 bits per heavy atom. The summed E-state index contributed by atoms with van der Waals surface area (Å²) in [6.07, 6.45) is 0.100. The molecule has 2 aromatic rings. The number of benzene rings is 2. The molecule has 0 aliphatic carbocycles. The minimum absolute atomic E-state index is 0.0523. The lowest BCUT2D eigenvalue weighted by Gasteiger charge is -2.10. The molecule has 7 heteroatoms. The highest BCUT2D eigenvalue weighted by Gasteiger charge is 2.09. The SMILES string of the molecule is CC(C)NC(=O)c1ccc(NC(=O)CCOc2ccc(F)cc2Cl)cc1. The molecule has 0 unspecified atom stereocenters. The zero-order valence-corrected chi connectivity index (χ0v) is 15.3. The molecule has 0 saturated carbocycles. The van der Waals surface area contributed by atoms with Gasteiger partial charge in [0.2, 0.25) is 5.91 Å². The first kappa shape index (κ1) is 19.7. The van der Waals surface area contributed by atoms with Crippen LogP contribution in [0.5, 0.6) is 5.75 Å². The van der Waals surface area contributed by atoms with E-state index in [1.54, 1.807) is 24.3 Å². The van der Waals surface area contributed by atoms with Crippen LogP contribution < -0.4 is 15.4 Å². The van der Waals surface area contributed by atoms with Gasteiger partial charge in [0.15, 0.2) is 0 Å². The predicted octanol–water partition coefficient (Wildman–Crippen LogP) is 4.02. The van der Waals surface area contributed by atoms with Gasteiger partial charge in [-0.25, -0.2) is 4.39 Å². The zero-order chi connectivity index (χ0) is 19.1. The first-order valence-electron chi connectivity index (χ1n) is 8.14. The lowest BCUT2D eigenvalue weighted by Crippen LogP contribution is -2.30. The van der Waals surface area contributed by atoms with E-state index < -0.39 is 5.82 Å². The van der Waals surface area contributed by atoms with Crippen molar-refractivity contribution in [1.82, 2.24) is 5.32 Å². The number of hydrogen-bond acceptors (Lipinski definition) is 3. The number of halogens is 2. The van der Waals surface area contributed by atoms with Crippen molar-refractivity contribution in [2.45, 2.75) is 26.3 Å². The Bertz CT molecular complexity index is 779. The molecular formula is C19H20ClFN2O3. The summed E-state index contributed by atoms with van der Waals surface area (Å²) in [5.41, 5.74) is 1.10. The second kappa shape index (κ2) is 9.20. The third-order valence-corrected chi connectivity index (χ3v) is 3.63. The molecular weight excluding hydrogens is 359 g/mol. The average Bonchev–Trinajstić information content (AvgIpc) is 2.57. The van der Waals surface area contributed by atoms with Crippen LogP contribution in [0.15, 0.2) is 42.5 Å². The average molecular weight is 379 g/mol. The van der Waals surface area contributed by atoms with Crippen molar-refractivity contribution < 1.29 is 18.7 Å². The Balaban J connectivity index is 1.81. The van der Waals surface area contributed by atoms with Crippen molar-refractivity contribution in [2.75, 3.05) is 11.9 Å². The molecule has 5 nitrogen and oxygen atoms in total. The lowest BCUT2D eigenvalue weighted by molar-refractivity contribution is -0.116. The molecule has 2 rings (SSSR count). The number of carbonyl (C=O) groups excluding carboxylic acids is 2. The van der Waals surface area contributed by atoms with E-state index in [4.69, 9.17) is 16.3 Å². The number of amides is 2. The molecule has 2 N–H and O–H groups in total. The first-order valence-corrected chi connectivity index (χ1v) is 8.51. The van der Waals surface area contributed by atoms with E-state index >= 15 is 0 Å². The number of ether oxygens (including phenoxy) is 1. The Labute approximate surface area is 156 Å². The monoisotopic (exact) mass is 378 g/mol. The summed E-state index contributed by atoms with van der Waals surface area (Å²) >= 11 is 5.85. The second-order valence-corrected chi connectivity index (χ2v) is 6.33. The van der Waals surface area contributed by atoms with E-state index in [1.165, 1.54) is 12.1 Å². The molecule has 0 radical (unpaired) electrons. The Morgan fingerprint density at radius 1 is 1.15 bits per heavy atom. The summed E-state index contributed by atoms with van der Waals surface area (Å²) in [5, 5.41) is 5.66. The van der Waals surface area contributed by atoms with Crippen LogP contribution in [0.3, 0.4) is 0 Å². The maximum absolute atomic E-state index is 13.0. The van der Waals surface area contributed by atoms with E-state index in [-0.39, 0.29) is 35.9 Å². The zero-order valence-electron chi connectivity index (χ0n) is 14.5. The molecule has 0 spiro atoms. The predicted molar refractivity (Wildman–Crippen MR) is 99.2 cm³/mol. The van der Waals surface area contributed by atoms with Gasteiger partial charge in [-0.05, 0) is 56.3 Å². The van der Waals surface area contributed by atoms with Crippen molar-refractivity contribution in [3.8, 4) is 5.75 Å². The molecule has 0 aromatic heterocycles. The summed E-state index contributed by atoms with van der Waals surface area (Å²) in [6, 6.07) is 10.4. The minimum Gasteiger partial charge on any atom is -0.491 e. The van der Waals surface area contributed by atoms with E-state index in [2.05, 4.69) is 10.6 Å². The van der Waals surface area contributed by atoms with Crippen LogP contribution in [0.2, 0.25) is 5.02 Å². The van der Waals surface area contributed by atoms with Crippen LogP contribution >= 0.6 is 11.6 Å². The van der Waals surface area contributed by atoms with Gasteiger partial charge in [0.1, 0.15) is 11.6 Å². The van der Waals surface area contributed by atoms with Gasteiger partial charge in [0.05, 0.1) is 18.1 Å². The highest BCUT2D eigenvalue weighted by molar-refractivity contribution is 6.32. The summed E-state index contributed by atoms with van der Waals surface area (Å²) in [4.78, 5) is 23.8. The van der Waals surface area contributed by atoms with Crippen LogP contribution in [0.25, 0.3) is 0 Å². The fourth-order valence-electron chi connectivity index (χ4n) is 2.12. The largest absolute Gasteiger partial charge is 0.491 e. The van der Waals surface area contributed by atoms with E-state index in [9.17, 15) is 14.0 Å². The van der Waals surface area contributed by atoms with Crippen molar-refractivity contribution in [3.63, 3.8) is 0 Å². The van der Waals surface area contributed by atoms with Gasteiger partial charge in [-0.15, -0.1) is 0 Å². The van der Waals surface area contributed by atoms with E-state index in [0.29, 0.717) is 17.0 Å². The van der Waals surface area contributed by atoms with Crippen LogP contribution in [-0.2, 0) is 4.79 Å². The molecule has 2 amide bonds. The maximum atomic E-state index is 13.0. The molecule has 0 aliphatic heterocycles. The molecule has 0 atom stereocenters. The minimum atomic E-state index is -0.453. The van der Waals surface area contributed by atoms with Gasteiger partial charge in [-0.3, -0.25) is 9.59 Å². The van der Waals surface area contributed by atoms with Gasteiger partial charge >= 0.3 is 0 Å². The maximum Gasteiger partial charge on any atom is 0.251 e. The molecule has 2 aromatic carbocycles. The Morgan fingerprint density at radius 3 is 2.46 bits per heavy atom. The van der Waals surface area contributed by atoms with Gasteiger partial charge < -0.3 is 15.4 Å². The fraction of sp³-hybridized carbons (Fsp3) is 0.263. The quantitative estimate of drug-likeness (QED) is 0.764. The molecule has 0 fully saturated rings. The number of carbonyl (C=O) groups is 2. The number of rotatable bonds is 7. The van der Waals surface area contributed by atoms with Gasteiger partial charge in [-0.1, -0.05) is 11.6 Å². The highest BCUT2D eigenvalue weighted by atomic mass is 35.5. The van der Waals surface area contributed by atoms with Gasteiger partial charge in [-0.2, -0.15) is 0 Å². The number of anilines is 1. The van der Waals surface area contributed by atoms with Gasteiger partial charge in [0.25, 0.3) is 5.91 Å². The summed E-state index contributed by atoms with van der Waals surface area (Å²) < 4.78 is 18.3. The van der Waals surface area contributed by atoms with E-state index in [0.717, 1.165) is 6.07 Å². The molecule has 26 heavy (non-hydrogen) atoms. The molecule has 0 heterocycles. The van der Waals surface area contributed by atoms with Crippen LogP contribution in [-0.4, -0.2) is 24.5 Å². The van der Waals surface area contributed by atoms with Crippen molar-refractivity contribution in [3.05, 3.63) is 58.9 Å².